The molecule has 4 rings (SSSR count). The van der Waals surface area contributed by atoms with E-state index in [-0.39, 0.29) is 36.4 Å². The molecule has 3 N–H and O–H groups in total. The van der Waals surface area contributed by atoms with Gasteiger partial charge in [0.05, 0.1) is 6.04 Å². The predicted molar refractivity (Wildman–Crippen MR) is 92.9 cm³/mol. The van der Waals surface area contributed by atoms with Crippen molar-refractivity contribution in [3.63, 3.8) is 0 Å². The molecule has 0 spiro atoms. The number of hydrogen-bond donors (Lipinski definition) is 3. The Bertz CT molecular complexity index is 911. The number of ether oxygens (including phenoxy) is 2. The molecule has 26 heavy (non-hydrogen) atoms. The highest BCUT2D eigenvalue weighted by atomic mass is 32.2. The molecule has 2 aliphatic rings. The average Bonchev–Trinajstić information content (AvgIpc) is 3.34. The monoisotopic (exact) mass is 379 g/mol. The maximum absolute atomic E-state index is 12.5. The zero-order valence-corrected chi connectivity index (χ0v) is 15.3. The number of benzene rings is 1. The van der Waals surface area contributed by atoms with Crippen LogP contribution in [0.4, 0.5) is 0 Å². The fourth-order valence-corrected chi connectivity index (χ4v) is 4.00. The molecule has 8 nitrogen and oxygen atoms in total. The van der Waals surface area contributed by atoms with Crippen LogP contribution in [0.5, 0.6) is 11.5 Å². The van der Waals surface area contributed by atoms with Gasteiger partial charge in [-0.25, -0.2) is 18.6 Å². The van der Waals surface area contributed by atoms with Crippen LogP contribution in [0.15, 0.2) is 39.8 Å². The minimum Gasteiger partial charge on any atom is -0.454 e. The van der Waals surface area contributed by atoms with Crippen molar-refractivity contribution in [1.82, 2.24) is 15.6 Å². The maximum atomic E-state index is 12.5. The first-order valence-corrected chi connectivity index (χ1v) is 9.91. The van der Waals surface area contributed by atoms with E-state index in [2.05, 4.69) is 29.4 Å². The molecule has 0 amide bonds. The summed E-state index contributed by atoms with van der Waals surface area (Å²) in [6.07, 6.45) is 0. The van der Waals surface area contributed by atoms with Crippen LogP contribution in [0.25, 0.3) is 0 Å². The van der Waals surface area contributed by atoms with E-state index in [4.69, 9.17) is 13.9 Å². The molecule has 1 aromatic carbocycles. The fraction of sp³-hybridized carbons (Fsp3) is 0.412. The molecule has 1 saturated heterocycles. The summed E-state index contributed by atoms with van der Waals surface area (Å²) in [6.45, 7) is 4.45. The first-order valence-electron chi connectivity index (χ1n) is 8.43. The first-order chi connectivity index (χ1) is 12.4. The lowest BCUT2D eigenvalue weighted by Gasteiger charge is -2.13. The van der Waals surface area contributed by atoms with Crippen molar-refractivity contribution in [1.29, 1.82) is 0 Å². The molecule has 0 bridgehead atoms. The molecular formula is C17H21N3O5S. The summed E-state index contributed by atoms with van der Waals surface area (Å²) in [7, 11) is -3.75. The number of rotatable bonds is 5. The van der Waals surface area contributed by atoms with Crippen molar-refractivity contribution in [3.05, 3.63) is 41.7 Å². The van der Waals surface area contributed by atoms with Crippen LogP contribution in [-0.4, -0.2) is 21.3 Å². The summed E-state index contributed by atoms with van der Waals surface area (Å²) in [5.74, 6) is 2.15. The van der Waals surface area contributed by atoms with E-state index >= 15 is 0 Å². The van der Waals surface area contributed by atoms with Crippen molar-refractivity contribution >= 4 is 10.0 Å². The van der Waals surface area contributed by atoms with Crippen molar-refractivity contribution < 1.29 is 22.3 Å². The van der Waals surface area contributed by atoms with Gasteiger partial charge >= 0.3 is 0 Å². The minimum absolute atomic E-state index is 0.0668. The van der Waals surface area contributed by atoms with Gasteiger partial charge in [-0.15, -0.1) is 0 Å². The molecule has 2 aliphatic heterocycles. The SMILES string of the molecule is CC1NNC(c2ccc(S(=O)(=O)NCc3ccc4c(c3)OCO4)o2)C1C. The quantitative estimate of drug-likeness (QED) is 0.726. The summed E-state index contributed by atoms with van der Waals surface area (Å²) in [5, 5.41) is -0.0956. The lowest BCUT2D eigenvalue weighted by Crippen LogP contribution is -2.29. The second-order valence-corrected chi connectivity index (χ2v) is 8.28. The predicted octanol–water partition coefficient (Wildman–Crippen LogP) is 1.66. The third-order valence-electron chi connectivity index (χ3n) is 4.86. The zero-order valence-electron chi connectivity index (χ0n) is 14.5. The van der Waals surface area contributed by atoms with Crippen molar-refractivity contribution in [2.75, 3.05) is 6.79 Å². The van der Waals surface area contributed by atoms with Crippen LogP contribution in [0.2, 0.25) is 0 Å². The third kappa shape index (κ3) is 3.18. The Hall–Kier alpha value is -2.07. The average molecular weight is 379 g/mol. The van der Waals surface area contributed by atoms with Gasteiger partial charge < -0.3 is 13.9 Å². The molecule has 0 saturated carbocycles. The summed E-state index contributed by atoms with van der Waals surface area (Å²) in [4.78, 5) is 0. The van der Waals surface area contributed by atoms with E-state index in [1.54, 1.807) is 24.3 Å². The summed E-state index contributed by atoms with van der Waals surface area (Å²) < 4.78 is 43.8. The second-order valence-electron chi connectivity index (χ2n) is 6.58. The Labute approximate surface area is 151 Å². The number of hydrogen-bond acceptors (Lipinski definition) is 7. The summed E-state index contributed by atoms with van der Waals surface area (Å²) in [6, 6.07) is 8.70. The highest BCUT2D eigenvalue weighted by Gasteiger charge is 2.33. The molecule has 140 valence electrons. The lowest BCUT2D eigenvalue weighted by molar-refractivity contribution is 0.174. The van der Waals surface area contributed by atoms with E-state index < -0.39 is 10.0 Å². The number of sulfonamides is 1. The fourth-order valence-electron chi connectivity index (χ4n) is 3.05. The zero-order chi connectivity index (χ0) is 18.3. The highest BCUT2D eigenvalue weighted by molar-refractivity contribution is 7.89. The largest absolute Gasteiger partial charge is 0.454 e. The van der Waals surface area contributed by atoms with Gasteiger partial charge in [-0.2, -0.15) is 0 Å². The Morgan fingerprint density at radius 3 is 2.69 bits per heavy atom. The van der Waals surface area contributed by atoms with E-state index in [1.165, 1.54) is 6.07 Å². The van der Waals surface area contributed by atoms with Gasteiger partial charge in [0.15, 0.2) is 11.5 Å². The standard InChI is InChI=1S/C17H21N3O5S/c1-10-11(2)19-20-17(10)14-5-6-16(25-14)26(21,22)18-8-12-3-4-13-15(7-12)24-9-23-13/h3-7,10-11,17-20H,8-9H2,1-2H3. The molecule has 0 aliphatic carbocycles. The van der Waals surface area contributed by atoms with Gasteiger partial charge in [0.25, 0.3) is 10.0 Å². The molecule has 3 unspecified atom stereocenters. The topological polar surface area (TPSA) is 102 Å². The van der Waals surface area contributed by atoms with Crippen LogP contribution < -0.4 is 25.0 Å². The Kier molecular flexibility index (Phi) is 4.39. The van der Waals surface area contributed by atoms with Crippen LogP contribution in [0, 0.1) is 5.92 Å². The van der Waals surface area contributed by atoms with Crippen molar-refractivity contribution in [2.45, 2.75) is 37.6 Å². The lowest BCUT2D eigenvalue weighted by atomic mass is 9.96. The van der Waals surface area contributed by atoms with Crippen LogP contribution in [0.1, 0.15) is 31.2 Å². The second kappa shape index (κ2) is 6.58. The van der Waals surface area contributed by atoms with Gasteiger partial charge in [0.1, 0.15) is 5.76 Å². The smallest absolute Gasteiger partial charge is 0.274 e. The van der Waals surface area contributed by atoms with Gasteiger partial charge in [0, 0.05) is 12.6 Å². The van der Waals surface area contributed by atoms with Crippen LogP contribution in [0.3, 0.4) is 0 Å². The highest BCUT2D eigenvalue weighted by Crippen LogP contribution is 2.33. The molecule has 1 aromatic heterocycles. The number of furan rings is 1. The molecular weight excluding hydrogens is 358 g/mol. The minimum atomic E-state index is -3.75. The number of nitrogens with one attached hydrogen (secondary N) is 3. The molecule has 3 atom stereocenters. The Morgan fingerprint density at radius 2 is 1.92 bits per heavy atom. The van der Waals surface area contributed by atoms with Crippen LogP contribution in [-0.2, 0) is 16.6 Å². The number of hydrazine groups is 1. The molecule has 0 radical (unpaired) electrons. The number of fused-ring (bicyclic) bond motifs is 1. The van der Waals surface area contributed by atoms with E-state index in [9.17, 15) is 8.42 Å². The maximum Gasteiger partial charge on any atom is 0.274 e. The van der Waals surface area contributed by atoms with Crippen molar-refractivity contribution in [3.8, 4) is 11.5 Å². The van der Waals surface area contributed by atoms with E-state index in [0.717, 1.165) is 5.56 Å². The normalized spacial score (nSPS) is 24.9. The van der Waals surface area contributed by atoms with Crippen molar-refractivity contribution in [2.24, 2.45) is 5.92 Å². The van der Waals surface area contributed by atoms with Gasteiger partial charge in [-0.05, 0) is 42.7 Å². The van der Waals surface area contributed by atoms with Gasteiger partial charge in [0.2, 0.25) is 11.9 Å². The first kappa shape index (κ1) is 17.3. The van der Waals surface area contributed by atoms with E-state index in [1.807, 2.05) is 0 Å². The summed E-state index contributed by atoms with van der Waals surface area (Å²) in [5.41, 5.74) is 7.04. The summed E-state index contributed by atoms with van der Waals surface area (Å²) >= 11 is 0. The third-order valence-corrected chi connectivity index (χ3v) is 6.13. The molecule has 2 aromatic rings. The molecule has 9 heteroatoms. The molecule has 3 heterocycles. The Morgan fingerprint density at radius 1 is 1.12 bits per heavy atom. The van der Waals surface area contributed by atoms with Gasteiger partial charge in [-0.1, -0.05) is 13.0 Å². The van der Waals surface area contributed by atoms with Gasteiger partial charge in [-0.3, -0.25) is 5.43 Å². The molecule has 1 fully saturated rings. The Balaban J connectivity index is 1.45. The van der Waals surface area contributed by atoms with Crippen LogP contribution >= 0.6 is 0 Å². The van der Waals surface area contributed by atoms with E-state index in [0.29, 0.717) is 17.3 Å².